The van der Waals surface area contributed by atoms with E-state index >= 15 is 0 Å². The Bertz CT molecular complexity index is 1010. The molecular formula is C23H22N2O3. The zero-order valence-corrected chi connectivity index (χ0v) is 15.6. The van der Waals surface area contributed by atoms with Gasteiger partial charge in [0.05, 0.1) is 11.3 Å². The molecule has 3 aromatic rings. The molecule has 0 unspecified atom stereocenters. The third kappa shape index (κ3) is 4.38. The number of carbonyl (C=O) groups is 2. The van der Waals surface area contributed by atoms with E-state index < -0.39 is 6.10 Å². The fourth-order valence-electron chi connectivity index (χ4n) is 2.83. The summed E-state index contributed by atoms with van der Waals surface area (Å²) in [6.07, 6.45) is 0.856. The van der Waals surface area contributed by atoms with Crippen LogP contribution in [0.25, 0.3) is 10.8 Å². The van der Waals surface area contributed by atoms with Gasteiger partial charge in [-0.05, 0) is 30.5 Å². The van der Waals surface area contributed by atoms with Gasteiger partial charge in [0.15, 0.2) is 6.10 Å². The van der Waals surface area contributed by atoms with Crippen LogP contribution in [0, 0.1) is 0 Å². The van der Waals surface area contributed by atoms with E-state index in [1.54, 1.807) is 37.3 Å². The first-order chi connectivity index (χ1) is 13.6. The number of hydrogen-bond donors (Lipinski definition) is 2. The van der Waals surface area contributed by atoms with Crippen molar-refractivity contribution in [2.75, 3.05) is 11.9 Å². The molecule has 0 aliphatic rings. The highest BCUT2D eigenvalue weighted by Crippen LogP contribution is 2.26. The van der Waals surface area contributed by atoms with E-state index in [0.29, 0.717) is 23.5 Å². The van der Waals surface area contributed by atoms with E-state index in [2.05, 4.69) is 17.2 Å². The quantitative estimate of drug-likeness (QED) is 0.610. The van der Waals surface area contributed by atoms with Crippen molar-refractivity contribution >= 4 is 28.3 Å². The van der Waals surface area contributed by atoms with Crippen LogP contribution in [0.15, 0.2) is 79.4 Å². The minimum atomic E-state index is -0.741. The molecule has 0 aromatic heterocycles. The molecule has 0 aliphatic heterocycles. The van der Waals surface area contributed by atoms with Crippen LogP contribution in [0.1, 0.15) is 17.3 Å². The molecule has 1 atom stereocenters. The van der Waals surface area contributed by atoms with Crippen LogP contribution in [0.5, 0.6) is 5.75 Å². The van der Waals surface area contributed by atoms with E-state index in [4.69, 9.17) is 4.74 Å². The highest BCUT2D eigenvalue weighted by atomic mass is 16.5. The van der Waals surface area contributed by atoms with Crippen LogP contribution in [0.3, 0.4) is 0 Å². The Morgan fingerprint density at radius 1 is 1.04 bits per heavy atom. The number of ether oxygens (including phenoxy) is 1. The maximum Gasteiger partial charge on any atom is 0.265 e. The van der Waals surface area contributed by atoms with Crippen molar-refractivity contribution in [3.63, 3.8) is 0 Å². The third-order valence-electron chi connectivity index (χ3n) is 4.26. The molecule has 28 heavy (non-hydrogen) atoms. The van der Waals surface area contributed by atoms with Crippen LogP contribution >= 0.6 is 0 Å². The average Bonchev–Trinajstić information content (AvgIpc) is 2.72. The van der Waals surface area contributed by atoms with E-state index in [9.17, 15) is 9.59 Å². The normalized spacial score (nSPS) is 11.5. The minimum absolute atomic E-state index is 0.279. The lowest BCUT2D eigenvalue weighted by atomic mass is 10.1. The first-order valence-corrected chi connectivity index (χ1v) is 9.03. The van der Waals surface area contributed by atoms with Gasteiger partial charge in [0.25, 0.3) is 11.8 Å². The summed E-state index contributed by atoms with van der Waals surface area (Å²) in [5, 5.41) is 7.47. The number of fused-ring (bicyclic) bond motifs is 1. The smallest absolute Gasteiger partial charge is 0.265 e. The van der Waals surface area contributed by atoms with Gasteiger partial charge in [-0.3, -0.25) is 9.59 Å². The van der Waals surface area contributed by atoms with Gasteiger partial charge < -0.3 is 15.4 Å². The molecule has 0 aliphatic carbocycles. The second-order valence-electron chi connectivity index (χ2n) is 6.27. The van der Waals surface area contributed by atoms with Gasteiger partial charge in [-0.25, -0.2) is 0 Å². The van der Waals surface area contributed by atoms with Gasteiger partial charge in [-0.2, -0.15) is 0 Å². The highest BCUT2D eigenvalue weighted by molar-refractivity contribution is 6.04. The monoisotopic (exact) mass is 374 g/mol. The first-order valence-electron chi connectivity index (χ1n) is 9.03. The molecule has 0 saturated heterocycles. The van der Waals surface area contributed by atoms with Crippen molar-refractivity contribution in [2.24, 2.45) is 0 Å². The maximum atomic E-state index is 12.7. The molecule has 0 spiro atoms. The fourth-order valence-corrected chi connectivity index (χ4v) is 2.83. The molecule has 2 amide bonds. The molecule has 3 aromatic carbocycles. The average molecular weight is 374 g/mol. The predicted molar refractivity (Wildman–Crippen MR) is 112 cm³/mol. The number of carbonyl (C=O) groups excluding carboxylic acids is 2. The van der Waals surface area contributed by atoms with E-state index in [1.165, 1.54) is 0 Å². The Balaban J connectivity index is 1.74. The largest absolute Gasteiger partial charge is 0.480 e. The lowest BCUT2D eigenvalue weighted by Gasteiger charge is -2.17. The second kappa shape index (κ2) is 8.86. The number of rotatable bonds is 7. The molecule has 2 N–H and O–H groups in total. The summed E-state index contributed by atoms with van der Waals surface area (Å²) >= 11 is 0. The van der Waals surface area contributed by atoms with Gasteiger partial charge in [-0.15, -0.1) is 6.58 Å². The summed E-state index contributed by atoms with van der Waals surface area (Å²) in [4.78, 5) is 24.9. The SMILES string of the molecule is C=CCNC(=O)c1ccccc1NC(=O)[C@H](C)Oc1cccc2ccccc12. The maximum absolute atomic E-state index is 12.7. The summed E-state index contributed by atoms with van der Waals surface area (Å²) in [5.74, 6) is 0.0214. The third-order valence-corrected chi connectivity index (χ3v) is 4.26. The molecule has 0 heterocycles. The molecule has 0 bridgehead atoms. The Kier molecular flexibility index (Phi) is 6.07. The summed E-state index contributed by atoms with van der Waals surface area (Å²) in [5.41, 5.74) is 0.817. The lowest BCUT2D eigenvalue weighted by molar-refractivity contribution is -0.122. The van der Waals surface area contributed by atoms with Crippen LogP contribution in [0.4, 0.5) is 5.69 Å². The number of anilines is 1. The first kappa shape index (κ1) is 19.2. The summed E-state index contributed by atoms with van der Waals surface area (Å²) < 4.78 is 5.90. The van der Waals surface area contributed by atoms with Crippen molar-refractivity contribution in [3.05, 3.63) is 84.9 Å². The van der Waals surface area contributed by atoms with E-state index in [1.807, 2.05) is 42.5 Å². The highest BCUT2D eigenvalue weighted by Gasteiger charge is 2.19. The van der Waals surface area contributed by atoms with Crippen LogP contribution in [0.2, 0.25) is 0 Å². The van der Waals surface area contributed by atoms with Crippen molar-refractivity contribution in [2.45, 2.75) is 13.0 Å². The van der Waals surface area contributed by atoms with Crippen LogP contribution in [-0.2, 0) is 4.79 Å². The molecule has 3 rings (SSSR count). The Labute approximate surface area is 164 Å². The van der Waals surface area contributed by atoms with Gasteiger partial charge in [0, 0.05) is 11.9 Å². The van der Waals surface area contributed by atoms with Crippen molar-refractivity contribution in [1.29, 1.82) is 0 Å². The molecular weight excluding hydrogens is 352 g/mol. The van der Waals surface area contributed by atoms with Crippen LogP contribution < -0.4 is 15.4 Å². The number of para-hydroxylation sites is 1. The summed E-state index contributed by atoms with van der Waals surface area (Å²) in [7, 11) is 0. The second-order valence-corrected chi connectivity index (χ2v) is 6.27. The Morgan fingerprint density at radius 2 is 1.75 bits per heavy atom. The van der Waals surface area contributed by atoms with Gasteiger partial charge in [0.1, 0.15) is 5.75 Å². The molecule has 0 fully saturated rings. The zero-order chi connectivity index (χ0) is 19.9. The van der Waals surface area contributed by atoms with Crippen molar-refractivity contribution in [3.8, 4) is 5.75 Å². The summed E-state index contributed by atoms with van der Waals surface area (Å²) in [6.45, 7) is 5.61. The molecule has 5 heteroatoms. The van der Waals surface area contributed by atoms with Crippen LogP contribution in [-0.4, -0.2) is 24.5 Å². The topological polar surface area (TPSA) is 67.4 Å². The van der Waals surface area contributed by atoms with Gasteiger partial charge in [0.2, 0.25) is 0 Å². The molecule has 142 valence electrons. The standard InChI is InChI=1S/C23H22N2O3/c1-3-15-24-23(27)19-12-6-7-13-20(19)25-22(26)16(2)28-21-14-8-10-17-9-4-5-11-18(17)21/h3-14,16H,1,15H2,2H3,(H,24,27)(H,25,26)/t16-/m0/s1. The number of nitrogens with one attached hydrogen (secondary N) is 2. The number of benzene rings is 3. The van der Waals surface area contributed by atoms with Gasteiger partial charge in [-0.1, -0.05) is 54.6 Å². The molecule has 0 saturated carbocycles. The fraction of sp³-hybridized carbons (Fsp3) is 0.130. The molecule has 5 nitrogen and oxygen atoms in total. The molecule has 0 radical (unpaired) electrons. The van der Waals surface area contributed by atoms with Gasteiger partial charge >= 0.3 is 0 Å². The Morgan fingerprint density at radius 3 is 2.57 bits per heavy atom. The Hall–Kier alpha value is -3.60. The van der Waals surface area contributed by atoms with Crippen molar-refractivity contribution in [1.82, 2.24) is 5.32 Å². The lowest BCUT2D eigenvalue weighted by Crippen LogP contribution is -2.31. The minimum Gasteiger partial charge on any atom is -0.480 e. The van der Waals surface area contributed by atoms with E-state index in [0.717, 1.165) is 10.8 Å². The van der Waals surface area contributed by atoms with E-state index in [-0.39, 0.29) is 11.8 Å². The zero-order valence-electron chi connectivity index (χ0n) is 15.6. The summed E-state index contributed by atoms with van der Waals surface area (Å²) in [6, 6.07) is 20.4. The predicted octanol–water partition coefficient (Wildman–Crippen LogP) is 4.16. The van der Waals surface area contributed by atoms with Crippen molar-refractivity contribution < 1.29 is 14.3 Å². The number of hydrogen-bond acceptors (Lipinski definition) is 3. The number of amides is 2.